The van der Waals surface area contributed by atoms with Gasteiger partial charge in [0.1, 0.15) is 0 Å². The SMILES string of the molecule is CC(C)N1CCC(C(C)(C)N2CCC[C@H](C)C2)[C@@H](I)C1. The first-order chi connectivity index (χ1) is 9.32. The van der Waals surface area contributed by atoms with Gasteiger partial charge in [-0.1, -0.05) is 29.5 Å². The number of nitrogens with zero attached hydrogens (tertiary/aromatic N) is 2. The van der Waals surface area contributed by atoms with E-state index in [1.54, 1.807) is 0 Å². The Morgan fingerprint density at radius 3 is 2.35 bits per heavy atom. The first-order valence-electron chi connectivity index (χ1n) is 8.45. The third kappa shape index (κ3) is 3.70. The van der Waals surface area contributed by atoms with Gasteiger partial charge in [-0.3, -0.25) is 9.80 Å². The first kappa shape index (κ1) is 17.0. The van der Waals surface area contributed by atoms with Crippen molar-refractivity contribution in [3.63, 3.8) is 0 Å². The maximum absolute atomic E-state index is 2.79. The van der Waals surface area contributed by atoms with Gasteiger partial charge < -0.3 is 0 Å². The molecular weight excluding hydrogens is 359 g/mol. The Morgan fingerprint density at radius 2 is 1.80 bits per heavy atom. The molecule has 0 aromatic carbocycles. The molecule has 0 saturated carbocycles. The van der Waals surface area contributed by atoms with Crippen LogP contribution in [0.1, 0.15) is 53.9 Å². The molecule has 2 rings (SSSR count). The lowest BCUT2D eigenvalue weighted by molar-refractivity contribution is 0.00374. The van der Waals surface area contributed by atoms with Crippen LogP contribution in [0.15, 0.2) is 0 Å². The molecule has 0 amide bonds. The van der Waals surface area contributed by atoms with Gasteiger partial charge in [-0.05, 0) is 71.9 Å². The van der Waals surface area contributed by atoms with E-state index >= 15 is 0 Å². The lowest BCUT2D eigenvalue weighted by atomic mass is 9.77. The molecule has 0 spiro atoms. The summed E-state index contributed by atoms with van der Waals surface area (Å²) in [5.41, 5.74) is 0.365. The highest BCUT2D eigenvalue weighted by atomic mass is 127. The van der Waals surface area contributed by atoms with Crippen LogP contribution >= 0.6 is 22.6 Å². The van der Waals surface area contributed by atoms with E-state index in [9.17, 15) is 0 Å². The van der Waals surface area contributed by atoms with Gasteiger partial charge in [-0.15, -0.1) is 0 Å². The van der Waals surface area contributed by atoms with E-state index in [1.165, 1.54) is 45.4 Å². The molecule has 2 saturated heterocycles. The molecule has 3 heteroatoms. The Labute approximate surface area is 139 Å². The van der Waals surface area contributed by atoms with Gasteiger partial charge in [0.05, 0.1) is 0 Å². The van der Waals surface area contributed by atoms with E-state index in [1.807, 2.05) is 0 Å². The van der Waals surface area contributed by atoms with Crippen LogP contribution in [0, 0.1) is 11.8 Å². The van der Waals surface area contributed by atoms with Crippen LogP contribution in [0.2, 0.25) is 0 Å². The lowest BCUT2D eigenvalue weighted by Gasteiger charge is -2.52. The standard InChI is InChI=1S/C17H33IN2/c1-13(2)19-10-8-15(16(18)12-19)17(4,5)20-9-6-7-14(3)11-20/h13-16H,6-12H2,1-5H3/t14-,15?,16-/m0/s1. The zero-order valence-electron chi connectivity index (χ0n) is 14.0. The summed E-state index contributed by atoms with van der Waals surface area (Å²) >= 11 is 2.73. The Kier molecular flexibility index (Phi) is 5.80. The minimum Gasteiger partial charge on any atom is -0.300 e. The Balaban J connectivity index is 2.02. The lowest BCUT2D eigenvalue weighted by Crippen LogP contribution is -2.59. The zero-order valence-corrected chi connectivity index (χ0v) is 16.2. The van der Waals surface area contributed by atoms with E-state index < -0.39 is 0 Å². The molecule has 2 aliphatic rings. The summed E-state index contributed by atoms with van der Waals surface area (Å²) in [6.45, 7) is 17.3. The smallest absolute Gasteiger partial charge is 0.0283 e. The topological polar surface area (TPSA) is 6.48 Å². The van der Waals surface area contributed by atoms with Crippen molar-refractivity contribution in [3.05, 3.63) is 0 Å². The molecule has 0 aromatic rings. The molecule has 2 nitrogen and oxygen atoms in total. The Morgan fingerprint density at radius 1 is 1.10 bits per heavy atom. The van der Waals surface area contributed by atoms with Crippen molar-refractivity contribution in [2.24, 2.45) is 11.8 Å². The number of halogens is 1. The second kappa shape index (κ2) is 6.82. The monoisotopic (exact) mass is 392 g/mol. The normalized spacial score (nSPS) is 34.6. The third-order valence-electron chi connectivity index (χ3n) is 5.68. The largest absolute Gasteiger partial charge is 0.300 e. The van der Waals surface area contributed by atoms with Crippen LogP contribution < -0.4 is 0 Å². The summed E-state index contributed by atoms with van der Waals surface area (Å²) in [6.07, 6.45) is 4.18. The molecule has 0 N–H and O–H groups in total. The van der Waals surface area contributed by atoms with Gasteiger partial charge in [0.15, 0.2) is 0 Å². The maximum Gasteiger partial charge on any atom is 0.0283 e. The highest BCUT2D eigenvalue weighted by Crippen LogP contribution is 2.38. The minimum absolute atomic E-state index is 0.365. The molecule has 0 aliphatic carbocycles. The van der Waals surface area contributed by atoms with Crippen LogP contribution in [0.3, 0.4) is 0 Å². The summed E-state index contributed by atoms with van der Waals surface area (Å²) in [4.78, 5) is 5.45. The summed E-state index contributed by atoms with van der Waals surface area (Å²) in [5, 5.41) is 0. The van der Waals surface area contributed by atoms with Crippen molar-refractivity contribution in [1.29, 1.82) is 0 Å². The van der Waals surface area contributed by atoms with Crippen molar-refractivity contribution in [3.8, 4) is 0 Å². The quantitative estimate of drug-likeness (QED) is 0.529. The summed E-state index contributed by atoms with van der Waals surface area (Å²) in [6, 6.07) is 0.700. The van der Waals surface area contributed by atoms with Gasteiger partial charge in [-0.25, -0.2) is 0 Å². The van der Waals surface area contributed by atoms with Crippen LogP contribution in [0.4, 0.5) is 0 Å². The number of rotatable bonds is 3. The molecular formula is C17H33IN2. The number of alkyl halides is 1. The average molecular weight is 392 g/mol. The minimum atomic E-state index is 0.365. The van der Waals surface area contributed by atoms with Crippen LogP contribution in [0.25, 0.3) is 0 Å². The van der Waals surface area contributed by atoms with E-state index in [-0.39, 0.29) is 0 Å². The molecule has 2 heterocycles. The van der Waals surface area contributed by atoms with Crippen molar-refractivity contribution >= 4 is 22.6 Å². The predicted octanol–water partition coefficient (Wildman–Crippen LogP) is 4.03. The highest BCUT2D eigenvalue weighted by molar-refractivity contribution is 14.1. The van der Waals surface area contributed by atoms with Crippen LogP contribution in [0.5, 0.6) is 0 Å². The molecule has 1 unspecified atom stereocenters. The van der Waals surface area contributed by atoms with Crippen molar-refractivity contribution < 1.29 is 0 Å². The molecule has 118 valence electrons. The second-order valence-electron chi connectivity index (χ2n) is 7.85. The fourth-order valence-corrected chi connectivity index (χ4v) is 5.89. The number of hydrogen-bond acceptors (Lipinski definition) is 2. The summed E-state index contributed by atoms with van der Waals surface area (Å²) in [5.74, 6) is 1.72. The number of hydrogen-bond donors (Lipinski definition) is 0. The fourth-order valence-electron chi connectivity index (χ4n) is 4.14. The van der Waals surface area contributed by atoms with Crippen LogP contribution in [-0.4, -0.2) is 51.5 Å². The molecule has 20 heavy (non-hydrogen) atoms. The zero-order chi connectivity index (χ0) is 14.9. The van der Waals surface area contributed by atoms with Crippen molar-refractivity contribution in [1.82, 2.24) is 9.80 Å². The van der Waals surface area contributed by atoms with E-state index in [4.69, 9.17) is 0 Å². The predicted molar refractivity (Wildman–Crippen MR) is 96.7 cm³/mol. The third-order valence-corrected chi connectivity index (χ3v) is 6.94. The van der Waals surface area contributed by atoms with Gasteiger partial charge >= 0.3 is 0 Å². The Bertz CT molecular complexity index is 316. The highest BCUT2D eigenvalue weighted by Gasteiger charge is 2.42. The van der Waals surface area contributed by atoms with Gasteiger partial charge in [0, 0.05) is 28.6 Å². The van der Waals surface area contributed by atoms with Gasteiger partial charge in [0.25, 0.3) is 0 Å². The molecule has 0 aromatic heterocycles. The average Bonchev–Trinajstić information content (AvgIpc) is 2.38. The molecule has 3 atom stereocenters. The summed E-state index contributed by atoms with van der Waals surface area (Å²) in [7, 11) is 0. The fraction of sp³-hybridized carbons (Fsp3) is 1.00. The summed E-state index contributed by atoms with van der Waals surface area (Å²) < 4.78 is 0.788. The van der Waals surface area contributed by atoms with Crippen LogP contribution in [-0.2, 0) is 0 Å². The molecule has 0 bridgehead atoms. The van der Waals surface area contributed by atoms with E-state index in [0.29, 0.717) is 11.6 Å². The Hall–Kier alpha value is 0.650. The number of piperidine rings is 2. The molecule has 2 fully saturated rings. The molecule has 0 radical (unpaired) electrons. The maximum atomic E-state index is 2.79. The van der Waals surface area contributed by atoms with E-state index in [2.05, 4.69) is 67.0 Å². The van der Waals surface area contributed by atoms with Crippen molar-refractivity contribution in [2.75, 3.05) is 26.2 Å². The number of likely N-dealkylation sites (tertiary alicyclic amines) is 2. The second-order valence-corrected chi connectivity index (χ2v) is 9.45. The van der Waals surface area contributed by atoms with E-state index in [0.717, 1.165) is 15.8 Å². The van der Waals surface area contributed by atoms with Crippen molar-refractivity contribution in [2.45, 2.75) is 69.4 Å². The first-order valence-corrected chi connectivity index (χ1v) is 9.70. The van der Waals surface area contributed by atoms with Gasteiger partial charge in [-0.2, -0.15) is 0 Å². The molecule has 2 aliphatic heterocycles. The van der Waals surface area contributed by atoms with Gasteiger partial charge in [0.2, 0.25) is 0 Å².